The van der Waals surface area contributed by atoms with Crippen molar-refractivity contribution in [1.29, 1.82) is 0 Å². The van der Waals surface area contributed by atoms with Crippen LogP contribution in [0.4, 0.5) is 0 Å². The van der Waals surface area contributed by atoms with Crippen molar-refractivity contribution >= 4 is 0 Å². The molecule has 1 N–H and O–H groups in total. The average molecular weight is 319 g/mol. The predicted molar refractivity (Wildman–Crippen MR) is 91.3 cm³/mol. The smallest absolute Gasteiger partial charge is 0.113 e. The normalized spacial score (nSPS) is 11.7. The van der Waals surface area contributed by atoms with Crippen molar-refractivity contribution in [2.24, 2.45) is 5.92 Å². The number of hydrogen-bond donors (Lipinski definition) is 1. The van der Waals surface area contributed by atoms with Crippen LogP contribution in [0, 0.1) is 5.92 Å². The van der Waals surface area contributed by atoms with Gasteiger partial charge in [0.2, 0.25) is 0 Å². The van der Waals surface area contributed by atoms with Gasteiger partial charge in [-0.05, 0) is 31.7 Å². The van der Waals surface area contributed by atoms with Gasteiger partial charge in [0.15, 0.2) is 0 Å². The zero-order valence-electron chi connectivity index (χ0n) is 14.3. The molecule has 0 aliphatic heterocycles. The number of ether oxygens (including phenoxy) is 1. The molecule has 0 amide bonds. The molecule has 0 spiro atoms. The van der Waals surface area contributed by atoms with Crippen LogP contribution < -0.4 is 5.32 Å². The molecule has 0 saturated carbocycles. The van der Waals surface area contributed by atoms with Gasteiger partial charge in [-0.2, -0.15) is 0 Å². The fourth-order valence-corrected chi connectivity index (χ4v) is 2.54. The third-order valence-corrected chi connectivity index (χ3v) is 3.81. The zero-order valence-corrected chi connectivity index (χ0v) is 14.3. The first-order valence-electron chi connectivity index (χ1n) is 8.50. The number of nitrogens with one attached hydrogen (secondary N) is 1. The van der Waals surface area contributed by atoms with Gasteiger partial charge in [0.25, 0.3) is 0 Å². The third-order valence-electron chi connectivity index (χ3n) is 3.81. The lowest BCUT2D eigenvalue weighted by Crippen LogP contribution is -2.26. The van der Waals surface area contributed by atoms with Crippen molar-refractivity contribution < 1.29 is 4.74 Å². The molecule has 0 aliphatic carbocycles. The second kappa shape index (κ2) is 10.2. The molecule has 0 bridgehead atoms. The molecule has 0 aliphatic rings. The summed E-state index contributed by atoms with van der Waals surface area (Å²) in [6, 6.07) is 0. The highest BCUT2D eigenvalue weighted by Crippen LogP contribution is 2.13. The van der Waals surface area contributed by atoms with Gasteiger partial charge in [-0.25, -0.2) is 9.97 Å². The van der Waals surface area contributed by atoms with Gasteiger partial charge in [0.05, 0.1) is 19.3 Å². The Morgan fingerprint density at radius 1 is 0.957 bits per heavy atom. The van der Waals surface area contributed by atoms with Crippen molar-refractivity contribution in [2.75, 3.05) is 26.3 Å². The molecule has 2 rings (SSSR count). The highest BCUT2D eigenvalue weighted by Gasteiger charge is 2.11. The highest BCUT2D eigenvalue weighted by atomic mass is 16.5. The van der Waals surface area contributed by atoms with Crippen LogP contribution in [0.3, 0.4) is 0 Å². The Bertz CT molecular complexity index is 461. The molecule has 23 heavy (non-hydrogen) atoms. The van der Waals surface area contributed by atoms with Crippen molar-refractivity contribution in [1.82, 2.24) is 24.4 Å². The van der Waals surface area contributed by atoms with Gasteiger partial charge in [-0.3, -0.25) is 0 Å². The Balaban J connectivity index is 1.60. The van der Waals surface area contributed by atoms with Crippen LogP contribution in [0.25, 0.3) is 0 Å². The molecule has 6 nitrogen and oxygen atoms in total. The minimum Gasteiger partial charge on any atom is -0.380 e. The van der Waals surface area contributed by atoms with E-state index in [0.29, 0.717) is 0 Å². The van der Waals surface area contributed by atoms with Gasteiger partial charge < -0.3 is 19.2 Å². The lowest BCUT2D eigenvalue weighted by molar-refractivity contribution is 0.129. The van der Waals surface area contributed by atoms with Crippen molar-refractivity contribution in [3.05, 3.63) is 37.4 Å². The molecule has 2 heterocycles. The molecule has 0 atom stereocenters. The van der Waals surface area contributed by atoms with E-state index >= 15 is 0 Å². The molecular formula is C17H29N5O. The van der Waals surface area contributed by atoms with Gasteiger partial charge in [0.1, 0.15) is 6.17 Å². The van der Waals surface area contributed by atoms with Crippen LogP contribution in [0.5, 0.6) is 0 Å². The van der Waals surface area contributed by atoms with E-state index in [1.54, 1.807) is 0 Å². The Kier molecular flexibility index (Phi) is 7.83. The first-order chi connectivity index (χ1) is 11.3. The van der Waals surface area contributed by atoms with Crippen LogP contribution in [0.15, 0.2) is 37.4 Å². The average Bonchev–Trinajstić information content (AvgIpc) is 3.22. The summed E-state index contributed by atoms with van der Waals surface area (Å²) in [5.74, 6) is 0.764. The lowest BCUT2D eigenvalue weighted by Gasteiger charge is -2.20. The second-order valence-corrected chi connectivity index (χ2v) is 6.19. The highest BCUT2D eigenvalue weighted by molar-refractivity contribution is 4.86. The summed E-state index contributed by atoms with van der Waals surface area (Å²) < 4.78 is 9.85. The first-order valence-corrected chi connectivity index (χ1v) is 8.50. The molecule has 128 valence electrons. The van der Waals surface area contributed by atoms with Crippen LogP contribution in [-0.2, 0) is 4.74 Å². The van der Waals surface area contributed by atoms with Gasteiger partial charge in [-0.1, -0.05) is 13.8 Å². The van der Waals surface area contributed by atoms with Crippen molar-refractivity contribution in [2.45, 2.75) is 39.3 Å². The van der Waals surface area contributed by atoms with E-state index in [1.165, 1.54) is 6.42 Å². The monoisotopic (exact) mass is 319 g/mol. The van der Waals surface area contributed by atoms with E-state index < -0.39 is 0 Å². The molecule has 2 aromatic heterocycles. The number of imidazole rings is 2. The number of aromatic nitrogens is 4. The van der Waals surface area contributed by atoms with Gasteiger partial charge in [-0.15, -0.1) is 0 Å². The molecule has 0 saturated heterocycles. The second-order valence-electron chi connectivity index (χ2n) is 6.19. The largest absolute Gasteiger partial charge is 0.380 e. The van der Waals surface area contributed by atoms with Crippen molar-refractivity contribution in [3.8, 4) is 0 Å². The maximum Gasteiger partial charge on any atom is 0.113 e. The molecule has 0 radical (unpaired) electrons. The fraction of sp³-hybridized carbons (Fsp3) is 0.647. The van der Waals surface area contributed by atoms with Crippen LogP contribution >= 0.6 is 0 Å². The molecule has 0 aromatic carbocycles. The summed E-state index contributed by atoms with van der Waals surface area (Å²) in [4.78, 5) is 8.28. The van der Waals surface area contributed by atoms with Crippen LogP contribution in [0.1, 0.15) is 39.3 Å². The van der Waals surface area contributed by atoms with E-state index in [-0.39, 0.29) is 6.17 Å². The quantitative estimate of drug-likeness (QED) is 0.611. The Labute approximate surface area is 138 Å². The summed E-state index contributed by atoms with van der Waals surface area (Å²) in [7, 11) is 0. The van der Waals surface area contributed by atoms with E-state index in [4.69, 9.17) is 4.74 Å². The summed E-state index contributed by atoms with van der Waals surface area (Å²) >= 11 is 0. The predicted octanol–water partition coefficient (Wildman–Crippen LogP) is 2.56. The number of rotatable bonds is 12. The molecular weight excluding hydrogens is 290 g/mol. The molecule has 6 heteroatoms. The minimum absolute atomic E-state index is 0.208. The fourth-order valence-electron chi connectivity index (χ4n) is 2.54. The molecule has 0 unspecified atom stereocenters. The van der Waals surface area contributed by atoms with Gasteiger partial charge >= 0.3 is 0 Å². The summed E-state index contributed by atoms with van der Waals surface area (Å²) in [5, 5.41) is 3.45. The Morgan fingerprint density at radius 3 is 2.22 bits per heavy atom. The summed E-state index contributed by atoms with van der Waals surface area (Å²) in [6.45, 7) is 7.96. The van der Waals surface area contributed by atoms with E-state index in [2.05, 4.69) is 38.3 Å². The number of hydrogen-bond acceptors (Lipinski definition) is 4. The topological polar surface area (TPSA) is 56.9 Å². The molecule has 2 aromatic rings. The van der Waals surface area contributed by atoms with Crippen LogP contribution in [0.2, 0.25) is 0 Å². The van der Waals surface area contributed by atoms with Gasteiger partial charge in [0, 0.05) is 37.9 Å². The minimum atomic E-state index is 0.208. The van der Waals surface area contributed by atoms with E-state index in [9.17, 15) is 0 Å². The third kappa shape index (κ3) is 6.54. The van der Waals surface area contributed by atoms with E-state index in [0.717, 1.165) is 45.1 Å². The number of nitrogens with zero attached hydrogens (tertiary/aromatic N) is 4. The van der Waals surface area contributed by atoms with Crippen molar-refractivity contribution in [3.63, 3.8) is 0 Å². The first kappa shape index (κ1) is 17.7. The maximum absolute atomic E-state index is 5.64. The zero-order chi connectivity index (χ0) is 16.3. The van der Waals surface area contributed by atoms with Crippen LogP contribution in [-0.4, -0.2) is 45.4 Å². The maximum atomic E-state index is 5.64. The molecule has 0 fully saturated rings. The Morgan fingerprint density at radius 2 is 1.65 bits per heavy atom. The SMILES string of the molecule is CC(C)CCCOCCNCCC(n1ccnc1)n1ccnc1. The Hall–Kier alpha value is -1.66. The summed E-state index contributed by atoms with van der Waals surface area (Å²) in [6.07, 6.45) is 14.9. The standard InChI is InChI=1S/C17H29N5O/c1-16(2)4-3-12-23-13-9-18-6-5-17(21-10-7-19-14-21)22-11-8-20-15-22/h7-8,10-11,14-18H,3-6,9,12-13H2,1-2H3. The summed E-state index contributed by atoms with van der Waals surface area (Å²) in [5.41, 5.74) is 0. The van der Waals surface area contributed by atoms with E-state index in [1.807, 2.05) is 37.4 Å². The lowest BCUT2D eigenvalue weighted by atomic mass is 10.1.